The molecule has 5 nitrogen and oxygen atoms in total. The minimum Gasteiger partial charge on any atom is -0.493 e. The van der Waals surface area contributed by atoms with Crippen molar-refractivity contribution in [2.75, 3.05) is 13.7 Å². The molecule has 1 fully saturated rings. The topological polar surface area (TPSA) is 51.1 Å². The number of amidine groups is 1. The number of benzene rings is 3. The summed E-state index contributed by atoms with van der Waals surface area (Å²) in [5, 5.41) is 0.690. The van der Waals surface area contributed by atoms with Crippen LogP contribution in [0.3, 0.4) is 0 Å². The van der Waals surface area contributed by atoms with Crippen LogP contribution in [-0.2, 0) is 17.8 Å². The van der Waals surface area contributed by atoms with Gasteiger partial charge < -0.3 is 9.47 Å². The van der Waals surface area contributed by atoms with Crippen molar-refractivity contribution in [3.05, 3.63) is 91.2 Å². The van der Waals surface area contributed by atoms with E-state index in [1.54, 1.807) is 12.0 Å². The molecule has 1 amide bonds. The maximum absolute atomic E-state index is 13.2. The number of hydrogen-bond donors (Lipinski definition) is 0. The quantitative estimate of drug-likeness (QED) is 0.237. The molecular formula is C28H26Br2N2O3S. The number of methoxy groups -OCH3 is 1. The number of likely N-dealkylation sites (N-methyl/N-ethyl adjacent to an activating group) is 1. The van der Waals surface area contributed by atoms with Crippen molar-refractivity contribution < 1.29 is 14.3 Å². The molecular weight excluding hydrogens is 604 g/mol. The van der Waals surface area contributed by atoms with Crippen molar-refractivity contribution >= 4 is 66.5 Å². The van der Waals surface area contributed by atoms with Crippen molar-refractivity contribution in [2.24, 2.45) is 4.99 Å². The van der Waals surface area contributed by atoms with Crippen LogP contribution in [0.1, 0.15) is 30.5 Å². The molecule has 186 valence electrons. The number of para-hydroxylation sites is 1. The third-order valence-electron chi connectivity index (χ3n) is 5.64. The van der Waals surface area contributed by atoms with Crippen LogP contribution in [0.2, 0.25) is 0 Å². The fraction of sp³-hybridized carbons (Fsp3) is 0.214. The van der Waals surface area contributed by atoms with E-state index in [9.17, 15) is 4.79 Å². The van der Waals surface area contributed by atoms with Crippen molar-refractivity contribution in [3.63, 3.8) is 0 Å². The highest BCUT2D eigenvalue weighted by atomic mass is 79.9. The Morgan fingerprint density at radius 2 is 1.81 bits per heavy atom. The maximum Gasteiger partial charge on any atom is 0.266 e. The SMILES string of the molecule is CCc1ccccc1N=C1S/C(=C/c2cc(Br)c(OCc3ccc(Br)cc3)c(OC)c2)C(=O)N1CC. The lowest BCUT2D eigenvalue weighted by Crippen LogP contribution is -2.28. The molecule has 4 rings (SSSR count). The lowest BCUT2D eigenvalue weighted by atomic mass is 10.1. The van der Waals surface area contributed by atoms with E-state index >= 15 is 0 Å². The summed E-state index contributed by atoms with van der Waals surface area (Å²) in [7, 11) is 1.61. The molecule has 0 spiro atoms. The molecule has 0 saturated carbocycles. The van der Waals surface area contributed by atoms with Crippen molar-refractivity contribution in [3.8, 4) is 11.5 Å². The molecule has 0 bridgehead atoms. The number of thioether (sulfide) groups is 1. The van der Waals surface area contributed by atoms with Gasteiger partial charge in [0.15, 0.2) is 16.7 Å². The minimum absolute atomic E-state index is 0.0547. The van der Waals surface area contributed by atoms with Gasteiger partial charge in [0, 0.05) is 11.0 Å². The molecule has 0 aromatic heterocycles. The molecule has 0 unspecified atom stereocenters. The Morgan fingerprint density at radius 1 is 1.06 bits per heavy atom. The van der Waals surface area contributed by atoms with Crippen LogP contribution in [0.15, 0.2) is 79.5 Å². The highest BCUT2D eigenvalue weighted by Crippen LogP contribution is 2.40. The Hall–Kier alpha value is -2.55. The number of amides is 1. The predicted octanol–water partition coefficient (Wildman–Crippen LogP) is 7.99. The van der Waals surface area contributed by atoms with E-state index in [0.717, 1.165) is 37.7 Å². The van der Waals surface area contributed by atoms with Gasteiger partial charge in [-0.3, -0.25) is 9.69 Å². The van der Waals surface area contributed by atoms with Crippen molar-refractivity contribution in [1.82, 2.24) is 4.90 Å². The number of halogens is 2. The summed E-state index contributed by atoms with van der Waals surface area (Å²) < 4.78 is 13.4. The monoisotopic (exact) mass is 628 g/mol. The van der Waals surface area contributed by atoms with Crippen molar-refractivity contribution in [1.29, 1.82) is 0 Å². The van der Waals surface area contributed by atoms with E-state index < -0.39 is 0 Å². The first-order chi connectivity index (χ1) is 17.4. The zero-order chi connectivity index (χ0) is 25.7. The average Bonchev–Trinajstić information content (AvgIpc) is 3.17. The maximum atomic E-state index is 13.2. The van der Waals surface area contributed by atoms with Gasteiger partial charge in [-0.25, -0.2) is 4.99 Å². The summed E-state index contributed by atoms with van der Waals surface area (Å²) in [6.07, 6.45) is 2.75. The number of carbonyl (C=O) groups excluding carboxylic acids is 1. The molecule has 1 saturated heterocycles. The first-order valence-electron chi connectivity index (χ1n) is 11.6. The summed E-state index contributed by atoms with van der Waals surface area (Å²) >= 11 is 8.46. The van der Waals surface area contributed by atoms with Gasteiger partial charge in [0.1, 0.15) is 6.61 Å². The second kappa shape index (κ2) is 12.1. The number of hydrogen-bond acceptors (Lipinski definition) is 5. The van der Waals surface area contributed by atoms with Crippen molar-refractivity contribution in [2.45, 2.75) is 26.9 Å². The van der Waals surface area contributed by atoms with E-state index in [4.69, 9.17) is 14.5 Å². The minimum atomic E-state index is -0.0547. The van der Waals surface area contributed by atoms with Crippen LogP contribution in [-0.4, -0.2) is 29.6 Å². The lowest BCUT2D eigenvalue weighted by molar-refractivity contribution is -0.122. The molecule has 3 aromatic rings. The Balaban J connectivity index is 1.60. The van der Waals surface area contributed by atoms with Crippen LogP contribution in [0.5, 0.6) is 11.5 Å². The standard InChI is InChI=1S/C28H26Br2N2O3S/c1-4-20-8-6-7-9-23(20)31-28-32(5-2)27(33)25(36-28)16-19-14-22(30)26(24(15-19)34-3)35-17-18-10-12-21(29)13-11-18/h6-16H,4-5,17H2,1-3H3/b25-16+,31-28?. The van der Waals surface area contributed by atoms with Gasteiger partial charge in [0.2, 0.25) is 0 Å². The van der Waals surface area contributed by atoms with Crippen LogP contribution in [0.25, 0.3) is 6.08 Å². The van der Waals surface area contributed by atoms with E-state index in [0.29, 0.717) is 34.7 Å². The smallest absolute Gasteiger partial charge is 0.266 e. The highest BCUT2D eigenvalue weighted by molar-refractivity contribution is 9.10. The van der Waals surface area contributed by atoms with Crippen LogP contribution < -0.4 is 9.47 Å². The lowest BCUT2D eigenvalue weighted by Gasteiger charge is -2.14. The van der Waals surface area contributed by atoms with Gasteiger partial charge in [-0.2, -0.15) is 0 Å². The number of ether oxygens (including phenoxy) is 2. The Morgan fingerprint density at radius 3 is 2.50 bits per heavy atom. The zero-order valence-corrected chi connectivity index (χ0v) is 24.2. The second-order valence-electron chi connectivity index (χ2n) is 7.99. The van der Waals surface area contributed by atoms with Gasteiger partial charge in [-0.05, 0) is 94.1 Å². The number of carbonyl (C=O) groups is 1. The van der Waals surface area contributed by atoms with E-state index in [1.165, 1.54) is 11.8 Å². The van der Waals surface area contributed by atoms with Crippen LogP contribution >= 0.6 is 43.6 Å². The number of rotatable bonds is 8. The molecule has 0 aliphatic carbocycles. The molecule has 1 aliphatic heterocycles. The summed E-state index contributed by atoms with van der Waals surface area (Å²) in [5.74, 6) is 1.14. The fourth-order valence-corrected chi connectivity index (χ4v) is 5.64. The average molecular weight is 630 g/mol. The molecule has 1 aliphatic rings. The van der Waals surface area contributed by atoms with Gasteiger partial charge in [-0.15, -0.1) is 0 Å². The molecule has 1 heterocycles. The Bertz CT molecular complexity index is 1320. The van der Waals surface area contributed by atoms with E-state index in [2.05, 4.69) is 44.8 Å². The summed E-state index contributed by atoms with van der Waals surface area (Å²) in [5.41, 5.74) is 3.92. The third-order valence-corrected chi connectivity index (χ3v) is 7.76. The normalized spacial score (nSPS) is 15.7. The van der Waals surface area contributed by atoms with Crippen LogP contribution in [0, 0.1) is 0 Å². The molecule has 36 heavy (non-hydrogen) atoms. The summed E-state index contributed by atoms with van der Waals surface area (Å²) in [6.45, 7) is 5.01. The van der Waals surface area contributed by atoms with Gasteiger partial charge in [0.05, 0.1) is 22.2 Å². The van der Waals surface area contributed by atoms with Gasteiger partial charge in [-0.1, -0.05) is 53.2 Å². The summed E-state index contributed by atoms with van der Waals surface area (Å²) in [6, 6.07) is 19.8. The third kappa shape index (κ3) is 6.05. The zero-order valence-electron chi connectivity index (χ0n) is 20.3. The largest absolute Gasteiger partial charge is 0.493 e. The first kappa shape index (κ1) is 26.5. The Kier molecular flexibility index (Phi) is 8.93. The van der Waals surface area contributed by atoms with Crippen LogP contribution in [0.4, 0.5) is 5.69 Å². The number of nitrogens with zero attached hydrogens (tertiary/aromatic N) is 2. The molecule has 8 heteroatoms. The molecule has 0 radical (unpaired) electrons. The number of aliphatic imine (C=N–C) groups is 1. The first-order valence-corrected chi connectivity index (χ1v) is 14.0. The Labute approximate surface area is 232 Å². The second-order valence-corrected chi connectivity index (χ2v) is 10.8. The van der Waals surface area contributed by atoms with E-state index in [-0.39, 0.29) is 5.91 Å². The number of aryl methyl sites for hydroxylation is 1. The molecule has 0 atom stereocenters. The van der Waals surface area contributed by atoms with E-state index in [1.807, 2.05) is 67.6 Å². The van der Waals surface area contributed by atoms with Gasteiger partial charge in [0.25, 0.3) is 5.91 Å². The highest BCUT2D eigenvalue weighted by Gasteiger charge is 2.32. The predicted molar refractivity (Wildman–Crippen MR) is 155 cm³/mol. The fourth-order valence-electron chi connectivity index (χ4n) is 3.74. The van der Waals surface area contributed by atoms with Gasteiger partial charge >= 0.3 is 0 Å². The molecule has 3 aromatic carbocycles. The molecule has 0 N–H and O–H groups in total. The summed E-state index contributed by atoms with van der Waals surface area (Å²) in [4.78, 5) is 20.3.